The van der Waals surface area contributed by atoms with Crippen molar-refractivity contribution in [3.63, 3.8) is 0 Å². The second-order valence-corrected chi connectivity index (χ2v) is 7.00. The topological polar surface area (TPSA) is 20.3 Å². The summed E-state index contributed by atoms with van der Waals surface area (Å²) in [4.78, 5) is 14.7. The molecule has 2 heteroatoms. The molecule has 108 valence electrons. The maximum Gasteiger partial charge on any atom is 0.137 e. The van der Waals surface area contributed by atoms with Crippen molar-refractivity contribution in [2.45, 2.75) is 76.7 Å². The Morgan fingerprint density at radius 2 is 1.74 bits per heavy atom. The van der Waals surface area contributed by atoms with Crippen molar-refractivity contribution in [1.82, 2.24) is 4.90 Å². The molecule has 3 aliphatic rings. The molecule has 2 aliphatic carbocycles. The van der Waals surface area contributed by atoms with Crippen LogP contribution in [0.5, 0.6) is 0 Å². The molecule has 0 radical (unpaired) electrons. The average Bonchev–Trinajstić information content (AvgIpc) is 3.08. The quantitative estimate of drug-likeness (QED) is 0.769. The van der Waals surface area contributed by atoms with Gasteiger partial charge in [-0.3, -0.25) is 9.69 Å². The van der Waals surface area contributed by atoms with Gasteiger partial charge in [0.15, 0.2) is 0 Å². The number of Topliss-reactive ketones (excluding diaryl/α,β-unsaturated/α-hetero) is 1. The predicted octanol–water partition coefficient (Wildman–Crippen LogP) is 3.79. The fourth-order valence-corrected chi connectivity index (χ4v) is 4.65. The van der Waals surface area contributed by atoms with Crippen molar-refractivity contribution in [3.8, 4) is 0 Å². The fraction of sp³-hybridized carbons (Fsp3) is 0.941. The van der Waals surface area contributed by atoms with Crippen molar-refractivity contribution in [2.75, 3.05) is 13.1 Å². The third-order valence-electron chi connectivity index (χ3n) is 5.78. The van der Waals surface area contributed by atoms with E-state index in [2.05, 4.69) is 4.90 Å². The van der Waals surface area contributed by atoms with Crippen molar-refractivity contribution >= 4 is 5.78 Å². The van der Waals surface area contributed by atoms with Crippen LogP contribution in [-0.2, 0) is 4.79 Å². The Morgan fingerprint density at radius 3 is 2.47 bits per heavy atom. The maximum absolute atomic E-state index is 12.1. The van der Waals surface area contributed by atoms with Crippen LogP contribution in [0.3, 0.4) is 0 Å². The molecule has 3 rings (SSSR count). The van der Waals surface area contributed by atoms with Gasteiger partial charge >= 0.3 is 0 Å². The van der Waals surface area contributed by atoms with Crippen LogP contribution < -0.4 is 0 Å². The number of carbonyl (C=O) groups excluding carboxylic acids is 1. The lowest BCUT2D eigenvalue weighted by atomic mass is 9.88. The third kappa shape index (κ3) is 3.21. The highest BCUT2D eigenvalue weighted by Crippen LogP contribution is 2.34. The number of hydrogen-bond acceptors (Lipinski definition) is 2. The smallest absolute Gasteiger partial charge is 0.137 e. The number of rotatable bonds is 4. The Labute approximate surface area is 117 Å². The molecule has 0 N–H and O–H groups in total. The van der Waals surface area contributed by atoms with Gasteiger partial charge in [0.2, 0.25) is 0 Å². The van der Waals surface area contributed by atoms with Gasteiger partial charge in [0, 0.05) is 18.4 Å². The summed E-state index contributed by atoms with van der Waals surface area (Å²) < 4.78 is 0. The zero-order chi connectivity index (χ0) is 13.1. The highest BCUT2D eigenvalue weighted by atomic mass is 16.1. The van der Waals surface area contributed by atoms with E-state index in [1.54, 1.807) is 0 Å². The molecule has 2 unspecified atom stereocenters. The van der Waals surface area contributed by atoms with Crippen LogP contribution in [0.15, 0.2) is 0 Å². The van der Waals surface area contributed by atoms with E-state index in [1.807, 2.05) is 0 Å². The largest absolute Gasteiger partial charge is 0.300 e. The summed E-state index contributed by atoms with van der Waals surface area (Å²) in [5.41, 5.74) is 0. The lowest BCUT2D eigenvalue weighted by Crippen LogP contribution is -2.46. The second kappa shape index (κ2) is 6.39. The van der Waals surface area contributed by atoms with E-state index in [1.165, 1.54) is 70.9 Å². The van der Waals surface area contributed by atoms with Crippen molar-refractivity contribution in [3.05, 3.63) is 0 Å². The van der Waals surface area contributed by atoms with Gasteiger partial charge < -0.3 is 0 Å². The molecule has 3 fully saturated rings. The van der Waals surface area contributed by atoms with E-state index in [0.29, 0.717) is 17.7 Å². The molecule has 1 saturated heterocycles. The summed E-state index contributed by atoms with van der Waals surface area (Å²) in [5.74, 6) is 1.95. The first kappa shape index (κ1) is 13.6. The zero-order valence-corrected chi connectivity index (χ0v) is 12.3. The lowest BCUT2D eigenvalue weighted by molar-refractivity contribution is -0.123. The molecule has 2 atom stereocenters. The Hall–Kier alpha value is -0.370. The number of ketones is 1. The molecule has 2 saturated carbocycles. The van der Waals surface area contributed by atoms with Crippen molar-refractivity contribution in [2.24, 2.45) is 11.8 Å². The first-order valence-electron chi connectivity index (χ1n) is 8.61. The van der Waals surface area contributed by atoms with Gasteiger partial charge in [0.05, 0.1) is 0 Å². The maximum atomic E-state index is 12.1. The van der Waals surface area contributed by atoms with Gasteiger partial charge in [-0.2, -0.15) is 0 Å². The minimum absolute atomic E-state index is 0.392. The van der Waals surface area contributed by atoms with Crippen LogP contribution in [0.4, 0.5) is 0 Å². The van der Waals surface area contributed by atoms with Crippen LogP contribution in [0.25, 0.3) is 0 Å². The molecule has 0 aromatic rings. The van der Waals surface area contributed by atoms with Crippen molar-refractivity contribution in [1.29, 1.82) is 0 Å². The summed E-state index contributed by atoms with van der Waals surface area (Å²) in [7, 11) is 0. The number of nitrogens with zero attached hydrogens (tertiary/aromatic N) is 1. The Bertz CT molecular complexity index is 308. The van der Waals surface area contributed by atoms with Crippen LogP contribution in [0.1, 0.15) is 70.6 Å². The zero-order valence-electron chi connectivity index (χ0n) is 12.3. The molecule has 1 heterocycles. The predicted molar refractivity (Wildman–Crippen MR) is 78.1 cm³/mol. The third-order valence-corrected chi connectivity index (χ3v) is 5.78. The van der Waals surface area contributed by atoms with E-state index in [9.17, 15) is 4.79 Å². The summed E-state index contributed by atoms with van der Waals surface area (Å²) >= 11 is 0. The number of hydrogen-bond donors (Lipinski definition) is 0. The molecule has 0 aromatic heterocycles. The Balaban J connectivity index is 1.55. The van der Waals surface area contributed by atoms with Crippen LogP contribution >= 0.6 is 0 Å². The van der Waals surface area contributed by atoms with Gasteiger partial charge in [-0.1, -0.05) is 32.1 Å². The highest BCUT2D eigenvalue weighted by molar-refractivity contribution is 5.83. The summed E-state index contributed by atoms with van der Waals surface area (Å²) in [6, 6.07) is 0.602. The minimum Gasteiger partial charge on any atom is -0.300 e. The summed E-state index contributed by atoms with van der Waals surface area (Å²) in [6.07, 6.45) is 14.4. The first-order chi connectivity index (χ1) is 9.34. The number of carbonyl (C=O) groups is 1. The molecule has 0 amide bonds. The highest BCUT2D eigenvalue weighted by Gasteiger charge is 2.36. The van der Waals surface area contributed by atoms with E-state index in [-0.39, 0.29) is 0 Å². The summed E-state index contributed by atoms with van der Waals surface area (Å²) in [5, 5.41) is 0. The van der Waals surface area contributed by atoms with Gasteiger partial charge in [0.1, 0.15) is 5.78 Å². The molecule has 0 aromatic carbocycles. The van der Waals surface area contributed by atoms with Gasteiger partial charge in [-0.25, -0.2) is 0 Å². The van der Waals surface area contributed by atoms with E-state index >= 15 is 0 Å². The molecule has 1 aliphatic heterocycles. The van der Waals surface area contributed by atoms with E-state index in [4.69, 9.17) is 0 Å². The minimum atomic E-state index is 0.392. The molecule has 0 bridgehead atoms. The van der Waals surface area contributed by atoms with Crippen LogP contribution in [0, 0.1) is 11.8 Å². The Kier molecular flexibility index (Phi) is 4.57. The number of likely N-dealkylation sites (tertiary alicyclic amines) is 1. The van der Waals surface area contributed by atoms with Crippen LogP contribution in [-0.4, -0.2) is 29.8 Å². The Morgan fingerprint density at radius 1 is 0.947 bits per heavy atom. The molecular weight excluding hydrogens is 234 g/mol. The second-order valence-electron chi connectivity index (χ2n) is 7.00. The normalized spacial score (nSPS) is 34.2. The van der Waals surface area contributed by atoms with Crippen molar-refractivity contribution < 1.29 is 4.79 Å². The fourth-order valence-electron chi connectivity index (χ4n) is 4.65. The van der Waals surface area contributed by atoms with Gasteiger partial charge in [-0.05, 0) is 51.1 Å². The molecule has 2 nitrogen and oxygen atoms in total. The first-order valence-corrected chi connectivity index (χ1v) is 8.61. The van der Waals surface area contributed by atoms with Gasteiger partial charge in [-0.15, -0.1) is 0 Å². The molecule has 19 heavy (non-hydrogen) atoms. The average molecular weight is 263 g/mol. The number of piperidine rings is 1. The monoisotopic (exact) mass is 263 g/mol. The summed E-state index contributed by atoms with van der Waals surface area (Å²) in [6.45, 7) is 2.51. The molecule has 0 spiro atoms. The lowest BCUT2D eigenvalue weighted by Gasteiger charge is -2.39. The van der Waals surface area contributed by atoms with Crippen LogP contribution in [0.2, 0.25) is 0 Å². The standard InChI is InChI=1S/C17H29NO/c19-17-10-5-8-15(17)16-9-3-4-12-18(16)13-11-14-6-1-2-7-14/h14-16H,1-13H2. The SMILES string of the molecule is O=C1CCCC1C1CCCCN1CCC1CCCC1. The van der Waals surface area contributed by atoms with E-state index < -0.39 is 0 Å². The molecular formula is C17H29NO. The van der Waals surface area contributed by atoms with E-state index in [0.717, 1.165) is 18.8 Å². The van der Waals surface area contributed by atoms with Gasteiger partial charge in [0.25, 0.3) is 0 Å².